The molecule has 1 aromatic rings. The maximum absolute atomic E-state index is 9.03. The van der Waals surface area contributed by atoms with Crippen LogP contribution in [0.3, 0.4) is 0 Å². The lowest BCUT2D eigenvalue weighted by Crippen LogP contribution is -1.95. The fraction of sp³-hybridized carbons (Fsp3) is 0.462. The highest BCUT2D eigenvalue weighted by Crippen LogP contribution is 2.21. The van der Waals surface area contributed by atoms with E-state index in [4.69, 9.17) is 5.26 Å². The first kappa shape index (κ1) is 10.8. The number of rotatable bonds is 5. The van der Waals surface area contributed by atoms with E-state index in [0.717, 1.165) is 18.4 Å². The Hall–Kier alpha value is -1.29. The van der Waals surface area contributed by atoms with Crippen molar-refractivity contribution in [2.24, 2.45) is 0 Å². The van der Waals surface area contributed by atoms with Crippen LogP contribution in [0.1, 0.15) is 44.1 Å². The van der Waals surface area contributed by atoms with Gasteiger partial charge in [-0.3, -0.25) is 0 Å². The molecule has 0 aliphatic heterocycles. The van der Waals surface area contributed by atoms with Crippen molar-refractivity contribution >= 4 is 0 Å². The number of hydrogen-bond acceptors (Lipinski definition) is 1. The molecule has 0 unspecified atom stereocenters. The maximum Gasteiger partial charge on any atom is 0.0712 e. The van der Waals surface area contributed by atoms with Gasteiger partial charge in [-0.25, -0.2) is 0 Å². The van der Waals surface area contributed by atoms with Crippen molar-refractivity contribution in [2.75, 3.05) is 0 Å². The van der Waals surface area contributed by atoms with Gasteiger partial charge in [-0.15, -0.1) is 0 Å². The van der Waals surface area contributed by atoms with E-state index in [-0.39, 0.29) is 5.92 Å². The minimum Gasteiger partial charge on any atom is -0.198 e. The summed E-state index contributed by atoms with van der Waals surface area (Å²) in [4.78, 5) is 0. The fourth-order valence-electron chi connectivity index (χ4n) is 1.59. The molecule has 0 N–H and O–H groups in total. The number of nitriles is 1. The monoisotopic (exact) mass is 187 g/mol. The molecule has 0 radical (unpaired) electrons. The summed E-state index contributed by atoms with van der Waals surface area (Å²) in [5.74, 6) is 0.0859. The van der Waals surface area contributed by atoms with Crippen LogP contribution < -0.4 is 0 Å². The van der Waals surface area contributed by atoms with Gasteiger partial charge in [0.25, 0.3) is 0 Å². The molecule has 1 aromatic carbocycles. The third-order valence-electron chi connectivity index (χ3n) is 2.45. The van der Waals surface area contributed by atoms with E-state index in [1.54, 1.807) is 0 Å². The van der Waals surface area contributed by atoms with Crippen LogP contribution in [0, 0.1) is 11.3 Å². The Balaban J connectivity index is 2.52. The lowest BCUT2D eigenvalue weighted by atomic mass is 9.95. The van der Waals surface area contributed by atoms with Crippen molar-refractivity contribution in [1.82, 2.24) is 0 Å². The molecular formula is C13H17N. The van der Waals surface area contributed by atoms with E-state index in [1.165, 1.54) is 12.8 Å². The summed E-state index contributed by atoms with van der Waals surface area (Å²) in [7, 11) is 0. The van der Waals surface area contributed by atoms with Crippen LogP contribution in [0.25, 0.3) is 0 Å². The van der Waals surface area contributed by atoms with Crippen LogP contribution >= 0.6 is 0 Å². The molecule has 0 saturated carbocycles. The topological polar surface area (TPSA) is 23.8 Å². The van der Waals surface area contributed by atoms with Crippen LogP contribution in [0.2, 0.25) is 0 Å². The first-order chi connectivity index (χ1) is 6.88. The Bertz CT molecular complexity index is 284. The van der Waals surface area contributed by atoms with Gasteiger partial charge in [0, 0.05) is 0 Å². The lowest BCUT2D eigenvalue weighted by molar-refractivity contribution is 0.634. The molecule has 1 heteroatoms. The van der Waals surface area contributed by atoms with Crippen LogP contribution in [0.5, 0.6) is 0 Å². The molecule has 1 nitrogen and oxygen atoms in total. The largest absolute Gasteiger partial charge is 0.198 e. The van der Waals surface area contributed by atoms with Gasteiger partial charge < -0.3 is 0 Å². The summed E-state index contributed by atoms with van der Waals surface area (Å²) in [6.07, 6.45) is 4.59. The Labute approximate surface area is 86.4 Å². The normalized spacial score (nSPS) is 12.0. The third-order valence-corrected chi connectivity index (χ3v) is 2.45. The quantitative estimate of drug-likeness (QED) is 0.642. The molecule has 0 aliphatic rings. The lowest BCUT2D eigenvalue weighted by Gasteiger charge is -2.08. The molecule has 1 rings (SSSR count). The highest BCUT2D eigenvalue weighted by Gasteiger charge is 2.08. The number of benzene rings is 1. The van der Waals surface area contributed by atoms with Crippen LogP contribution in [0.4, 0.5) is 0 Å². The second-order valence-corrected chi connectivity index (χ2v) is 3.59. The first-order valence-corrected chi connectivity index (χ1v) is 5.33. The summed E-state index contributed by atoms with van der Waals surface area (Å²) in [5.41, 5.74) is 1.16. The number of nitrogens with zero attached hydrogens (tertiary/aromatic N) is 1. The van der Waals surface area contributed by atoms with E-state index in [0.29, 0.717) is 0 Å². The van der Waals surface area contributed by atoms with Crippen molar-refractivity contribution in [3.63, 3.8) is 0 Å². The van der Waals surface area contributed by atoms with Gasteiger partial charge in [0.1, 0.15) is 0 Å². The second kappa shape index (κ2) is 6.21. The van der Waals surface area contributed by atoms with Crippen molar-refractivity contribution in [3.8, 4) is 6.07 Å². The summed E-state index contributed by atoms with van der Waals surface area (Å²) in [6, 6.07) is 12.4. The van der Waals surface area contributed by atoms with Gasteiger partial charge in [-0.2, -0.15) is 5.26 Å². The van der Waals surface area contributed by atoms with Gasteiger partial charge in [-0.05, 0) is 12.0 Å². The smallest absolute Gasteiger partial charge is 0.0712 e. The summed E-state index contributed by atoms with van der Waals surface area (Å²) < 4.78 is 0. The minimum atomic E-state index is 0.0859. The minimum absolute atomic E-state index is 0.0859. The SMILES string of the molecule is CCCCC[C@H](C#N)c1ccccc1. The van der Waals surface area contributed by atoms with E-state index < -0.39 is 0 Å². The standard InChI is InChI=1S/C13H17N/c1-2-3-5-10-13(11-14)12-8-6-4-7-9-12/h4,6-9,13H,2-3,5,10H2,1H3/t13-/m1/s1. The van der Waals surface area contributed by atoms with E-state index in [2.05, 4.69) is 13.0 Å². The molecule has 0 spiro atoms. The van der Waals surface area contributed by atoms with Crippen LogP contribution in [-0.4, -0.2) is 0 Å². The Morgan fingerprint density at radius 1 is 1.21 bits per heavy atom. The van der Waals surface area contributed by atoms with E-state index >= 15 is 0 Å². The Morgan fingerprint density at radius 3 is 2.50 bits per heavy atom. The van der Waals surface area contributed by atoms with E-state index in [1.807, 2.05) is 30.3 Å². The third kappa shape index (κ3) is 3.22. The summed E-state index contributed by atoms with van der Waals surface area (Å²) >= 11 is 0. The van der Waals surface area contributed by atoms with Crippen molar-refractivity contribution in [1.29, 1.82) is 5.26 Å². The first-order valence-electron chi connectivity index (χ1n) is 5.33. The molecule has 0 bridgehead atoms. The molecule has 14 heavy (non-hydrogen) atoms. The average Bonchev–Trinajstić information content (AvgIpc) is 2.26. The Kier molecular flexibility index (Phi) is 4.78. The zero-order chi connectivity index (χ0) is 10.2. The Morgan fingerprint density at radius 2 is 1.93 bits per heavy atom. The zero-order valence-electron chi connectivity index (χ0n) is 8.74. The van der Waals surface area contributed by atoms with Crippen molar-refractivity contribution < 1.29 is 0 Å². The number of unbranched alkanes of at least 4 members (excludes halogenated alkanes) is 2. The summed E-state index contributed by atoms with van der Waals surface area (Å²) in [5, 5.41) is 9.03. The molecule has 1 atom stereocenters. The van der Waals surface area contributed by atoms with E-state index in [9.17, 15) is 0 Å². The van der Waals surface area contributed by atoms with Gasteiger partial charge in [0.2, 0.25) is 0 Å². The molecular weight excluding hydrogens is 170 g/mol. The molecule has 0 heterocycles. The summed E-state index contributed by atoms with van der Waals surface area (Å²) in [6.45, 7) is 2.18. The van der Waals surface area contributed by atoms with Crippen molar-refractivity contribution in [3.05, 3.63) is 35.9 Å². The second-order valence-electron chi connectivity index (χ2n) is 3.59. The van der Waals surface area contributed by atoms with Crippen LogP contribution in [-0.2, 0) is 0 Å². The number of hydrogen-bond donors (Lipinski definition) is 0. The van der Waals surface area contributed by atoms with Gasteiger partial charge in [0.15, 0.2) is 0 Å². The fourth-order valence-corrected chi connectivity index (χ4v) is 1.59. The van der Waals surface area contributed by atoms with Gasteiger partial charge in [0.05, 0.1) is 12.0 Å². The molecule has 0 fully saturated rings. The highest BCUT2D eigenvalue weighted by atomic mass is 14.3. The molecule has 0 amide bonds. The van der Waals surface area contributed by atoms with Gasteiger partial charge >= 0.3 is 0 Å². The predicted molar refractivity (Wildman–Crippen MR) is 58.9 cm³/mol. The zero-order valence-corrected chi connectivity index (χ0v) is 8.74. The average molecular weight is 187 g/mol. The van der Waals surface area contributed by atoms with Gasteiger partial charge in [-0.1, -0.05) is 56.5 Å². The molecule has 74 valence electrons. The van der Waals surface area contributed by atoms with Crippen molar-refractivity contribution in [2.45, 2.75) is 38.5 Å². The van der Waals surface area contributed by atoms with Crippen LogP contribution in [0.15, 0.2) is 30.3 Å². The molecule has 0 aromatic heterocycles. The predicted octanol–water partition coefficient (Wildman–Crippen LogP) is 3.87. The molecule has 0 saturated heterocycles. The highest BCUT2D eigenvalue weighted by molar-refractivity contribution is 5.24. The maximum atomic E-state index is 9.03. The molecule has 0 aliphatic carbocycles.